The Balaban J connectivity index is 2.24. The van der Waals surface area contributed by atoms with Crippen molar-refractivity contribution in [3.63, 3.8) is 0 Å². The molecule has 0 aliphatic heterocycles. The van der Waals surface area contributed by atoms with E-state index in [1.165, 1.54) is 18.4 Å². The van der Waals surface area contributed by atoms with Crippen LogP contribution >= 0.6 is 11.3 Å². The van der Waals surface area contributed by atoms with E-state index in [0.29, 0.717) is 0 Å². The molecule has 1 atom stereocenters. The van der Waals surface area contributed by atoms with E-state index in [-0.39, 0.29) is 5.60 Å². The van der Waals surface area contributed by atoms with E-state index < -0.39 is 6.10 Å². The second-order valence-corrected chi connectivity index (χ2v) is 6.00. The van der Waals surface area contributed by atoms with Crippen molar-refractivity contribution in [1.82, 2.24) is 0 Å². The van der Waals surface area contributed by atoms with E-state index in [1.54, 1.807) is 18.4 Å². The van der Waals surface area contributed by atoms with Crippen molar-refractivity contribution in [3.05, 3.63) is 21.9 Å². The Morgan fingerprint density at radius 3 is 2.41 bits per heavy atom. The molecular formula is C14H22O2S. The number of rotatable bonds is 3. The molecule has 0 spiro atoms. The molecule has 1 aromatic heterocycles. The van der Waals surface area contributed by atoms with Gasteiger partial charge in [0.1, 0.15) is 6.10 Å². The number of aryl methyl sites for hydroxylation is 1. The summed E-state index contributed by atoms with van der Waals surface area (Å²) in [5, 5.41) is 12.7. The first-order chi connectivity index (χ1) is 8.19. The molecule has 96 valence electrons. The summed E-state index contributed by atoms with van der Waals surface area (Å²) in [4.78, 5) is 1.08. The van der Waals surface area contributed by atoms with Crippen LogP contribution in [0.3, 0.4) is 0 Å². The number of hydrogen-bond acceptors (Lipinski definition) is 3. The molecule has 1 aliphatic carbocycles. The Morgan fingerprint density at radius 2 is 1.94 bits per heavy atom. The third-order valence-corrected chi connectivity index (χ3v) is 5.08. The summed E-state index contributed by atoms with van der Waals surface area (Å²) in [6.07, 6.45) is 6.34. The van der Waals surface area contributed by atoms with Crippen LogP contribution in [0.25, 0.3) is 0 Å². The number of methoxy groups -OCH3 is 1. The van der Waals surface area contributed by atoms with Gasteiger partial charge in [0.05, 0.1) is 5.60 Å². The van der Waals surface area contributed by atoms with Crippen LogP contribution in [0.5, 0.6) is 0 Å². The quantitative estimate of drug-likeness (QED) is 0.831. The predicted octanol–water partition coefficient (Wildman–Crippen LogP) is 3.83. The molecule has 0 amide bonds. The minimum absolute atomic E-state index is 0.355. The van der Waals surface area contributed by atoms with E-state index in [2.05, 4.69) is 13.0 Å². The molecule has 2 nitrogen and oxygen atoms in total. The summed E-state index contributed by atoms with van der Waals surface area (Å²) in [5.41, 5.74) is 0.828. The van der Waals surface area contributed by atoms with Crippen LogP contribution in [-0.4, -0.2) is 17.8 Å². The summed E-state index contributed by atoms with van der Waals surface area (Å²) in [6.45, 7) is 2.06. The summed E-state index contributed by atoms with van der Waals surface area (Å²) in [6, 6.07) is 2.07. The molecule has 1 fully saturated rings. The normalized spacial score (nSPS) is 22.1. The monoisotopic (exact) mass is 254 g/mol. The lowest BCUT2D eigenvalue weighted by atomic mass is 9.86. The highest BCUT2D eigenvalue weighted by Gasteiger charge is 2.40. The molecule has 1 saturated carbocycles. The lowest BCUT2D eigenvalue weighted by Gasteiger charge is -2.36. The zero-order valence-electron chi connectivity index (χ0n) is 10.7. The Morgan fingerprint density at radius 1 is 1.29 bits per heavy atom. The molecule has 2 rings (SSSR count). The highest BCUT2D eigenvalue weighted by Crippen LogP contribution is 2.42. The van der Waals surface area contributed by atoms with Crippen molar-refractivity contribution < 1.29 is 9.84 Å². The fourth-order valence-corrected chi connectivity index (χ4v) is 3.84. The Labute approximate surface area is 108 Å². The van der Waals surface area contributed by atoms with Gasteiger partial charge < -0.3 is 9.84 Å². The zero-order valence-corrected chi connectivity index (χ0v) is 11.6. The first kappa shape index (κ1) is 13.1. The average molecular weight is 254 g/mol. The van der Waals surface area contributed by atoms with Gasteiger partial charge in [-0.2, -0.15) is 0 Å². The molecule has 1 aromatic rings. The topological polar surface area (TPSA) is 29.5 Å². The molecule has 1 unspecified atom stereocenters. The molecule has 0 radical (unpaired) electrons. The van der Waals surface area contributed by atoms with Crippen molar-refractivity contribution in [2.24, 2.45) is 0 Å². The summed E-state index contributed by atoms with van der Waals surface area (Å²) < 4.78 is 5.76. The first-order valence-corrected chi connectivity index (χ1v) is 7.35. The minimum Gasteiger partial charge on any atom is -0.385 e. The highest BCUT2D eigenvalue weighted by atomic mass is 32.1. The van der Waals surface area contributed by atoms with Crippen LogP contribution in [-0.2, 0) is 4.74 Å². The zero-order chi connectivity index (χ0) is 12.3. The van der Waals surface area contributed by atoms with Gasteiger partial charge in [0, 0.05) is 12.0 Å². The van der Waals surface area contributed by atoms with Gasteiger partial charge in [0.25, 0.3) is 0 Å². The maximum absolute atomic E-state index is 10.7. The summed E-state index contributed by atoms with van der Waals surface area (Å²) in [7, 11) is 1.75. The SMILES string of the molecule is COC1(C(O)c2sccc2C)CCCCCC1. The largest absolute Gasteiger partial charge is 0.385 e. The van der Waals surface area contributed by atoms with E-state index in [9.17, 15) is 5.11 Å². The van der Waals surface area contributed by atoms with Crippen LogP contribution < -0.4 is 0 Å². The molecule has 3 heteroatoms. The molecule has 0 saturated heterocycles. The molecular weight excluding hydrogens is 232 g/mol. The fourth-order valence-electron chi connectivity index (χ4n) is 2.82. The molecule has 1 N–H and O–H groups in total. The standard InChI is InChI=1S/C14H22O2S/c1-11-7-10-17-12(11)13(15)14(16-2)8-5-3-4-6-9-14/h7,10,13,15H,3-6,8-9H2,1-2H3. The summed E-state index contributed by atoms with van der Waals surface area (Å²) in [5.74, 6) is 0. The van der Waals surface area contributed by atoms with E-state index >= 15 is 0 Å². The molecule has 0 aromatic carbocycles. The van der Waals surface area contributed by atoms with E-state index in [1.807, 2.05) is 5.38 Å². The molecule has 1 heterocycles. The fraction of sp³-hybridized carbons (Fsp3) is 0.714. The van der Waals surface area contributed by atoms with Crippen LogP contribution in [0, 0.1) is 6.92 Å². The van der Waals surface area contributed by atoms with E-state index in [4.69, 9.17) is 4.74 Å². The van der Waals surface area contributed by atoms with Gasteiger partial charge >= 0.3 is 0 Å². The van der Waals surface area contributed by atoms with Crippen molar-refractivity contribution in [2.75, 3.05) is 7.11 Å². The van der Waals surface area contributed by atoms with Crippen molar-refractivity contribution in [1.29, 1.82) is 0 Å². The van der Waals surface area contributed by atoms with Crippen LogP contribution in [0.1, 0.15) is 55.1 Å². The Kier molecular flexibility index (Phi) is 4.23. The van der Waals surface area contributed by atoms with Crippen LogP contribution in [0.4, 0.5) is 0 Å². The number of ether oxygens (including phenoxy) is 1. The van der Waals surface area contributed by atoms with Gasteiger partial charge in [-0.15, -0.1) is 11.3 Å². The van der Waals surface area contributed by atoms with Crippen molar-refractivity contribution in [2.45, 2.75) is 57.2 Å². The van der Waals surface area contributed by atoms with Crippen molar-refractivity contribution >= 4 is 11.3 Å². The first-order valence-electron chi connectivity index (χ1n) is 6.47. The summed E-state index contributed by atoms with van der Waals surface area (Å²) >= 11 is 1.64. The second-order valence-electron chi connectivity index (χ2n) is 5.05. The van der Waals surface area contributed by atoms with Crippen LogP contribution in [0.15, 0.2) is 11.4 Å². The lowest BCUT2D eigenvalue weighted by molar-refractivity contribution is -0.113. The van der Waals surface area contributed by atoms with Gasteiger partial charge in [-0.1, -0.05) is 25.7 Å². The van der Waals surface area contributed by atoms with Crippen molar-refractivity contribution in [3.8, 4) is 0 Å². The highest BCUT2D eigenvalue weighted by molar-refractivity contribution is 7.10. The Hall–Kier alpha value is -0.380. The van der Waals surface area contributed by atoms with E-state index in [0.717, 1.165) is 30.6 Å². The van der Waals surface area contributed by atoms with Gasteiger partial charge in [0.15, 0.2) is 0 Å². The number of thiophene rings is 1. The lowest BCUT2D eigenvalue weighted by Crippen LogP contribution is -2.38. The third kappa shape index (κ3) is 2.56. The number of aliphatic hydroxyl groups excluding tert-OH is 1. The van der Waals surface area contributed by atoms with Crippen LogP contribution in [0.2, 0.25) is 0 Å². The maximum atomic E-state index is 10.7. The predicted molar refractivity (Wildman–Crippen MR) is 71.5 cm³/mol. The Bertz CT molecular complexity index is 351. The minimum atomic E-state index is -0.467. The molecule has 17 heavy (non-hydrogen) atoms. The van der Waals surface area contributed by atoms with Gasteiger partial charge in [-0.05, 0) is 36.8 Å². The smallest absolute Gasteiger partial charge is 0.117 e. The van der Waals surface area contributed by atoms with Gasteiger partial charge in [0.2, 0.25) is 0 Å². The second kappa shape index (κ2) is 5.51. The van der Waals surface area contributed by atoms with Gasteiger partial charge in [-0.25, -0.2) is 0 Å². The maximum Gasteiger partial charge on any atom is 0.117 e. The van der Waals surface area contributed by atoms with Gasteiger partial charge in [-0.3, -0.25) is 0 Å². The number of aliphatic hydroxyl groups is 1. The molecule has 0 bridgehead atoms. The third-order valence-electron chi connectivity index (χ3n) is 4.00. The average Bonchev–Trinajstić information content (AvgIpc) is 2.64. The number of hydrogen-bond donors (Lipinski definition) is 1. The molecule has 1 aliphatic rings.